The molecule has 1 aliphatic rings. The van der Waals surface area contributed by atoms with Crippen molar-refractivity contribution in [2.24, 2.45) is 5.92 Å². The number of aliphatic hydroxyl groups is 1. The van der Waals surface area contributed by atoms with E-state index in [0.717, 1.165) is 36.2 Å². The average molecular weight is 298 g/mol. The number of anilines is 1. The molecule has 3 atom stereocenters. The molecule has 3 aromatic rings. The van der Waals surface area contributed by atoms with E-state index in [1.807, 2.05) is 24.8 Å². The Balaban J connectivity index is 1.48. The minimum atomic E-state index is -0.363. The van der Waals surface area contributed by atoms with Crippen molar-refractivity contribution in [1.29, 1.82) is 0 Å². The third-order valence-electron chi connectivity index (χ3n) is 4.33. The number of imidazole rings is 1. The van der Waals surface area contributed by atoms with Gasteiger partial charge in [-0.3, -0.25) is 0 Å². The van der Waals surface area contributed by atoms with Gasteiger partial charge in [-0.2, -0.15) is 0 Å². The van der Waals surface area contributed by atoms with Crippen LogP contribution in [0.4, 0.5) is 5.82 Å². The lowest BCUT2D eigenvalue weighted by molar-refractivity contribution is 0.166. The lowest BCUT2D eigenvalue weighted by atomic mass is 10.1. The molecule has 3 heterocycles. The zero-order valence-electron chi connectivity index (χ0n) is 12.1. The Labute approximate surface area is 127 Å². The summed E-state index contributed by atoms with van der Waals surface area (Å²) in [5.41, 5.74) is 0.806. The van der Waals surface area contributed by atoms with E-state index in [4.69, 9.17) is 0 Å². The number of fused-ring (bicyclic) bond motifs is 1. The van der Waals surface area contributed by atoms with Crippen LogP contribution in [0, 0.1) is 5.92 Å². The standard InChI is InChI=1S/C15H18N6O/c22-13-6-10(7-21-4-3-16-9-21)5-12(13)20-15-11-1-2-17-14(11)18-8-19-15/h1-4,8-10,12-13,22H,5-7H2,(H2,17,18,19,20)/t10?,12-,13-/m1/s1. The zero-order valence-corrected chi connectivity index (χ0v) is 12.1. The van der Waals surface area contributed by atoms with Crippen LogP contribution in [0.15, 0.2) is 37.3 Å². The molecule has 0 amide bonds. The van der Waals surface area contributed by atoms with Crippen LogP contribution in [-0.4, -0.2) is 41.8 Å². The summed E-state index contributed by atoms with van der Waals surface area (Å²) in [7, 11) is 0. The van der Waals surface area contributed by atoms with Gasteiger partial charge in [0, 0.05) is 25.1 Å². The van der Waals surface area contributed by atoms with Crippen molar-refractivity contribution in [3.8, 4) is 0 Å². The van der Waals surface area contributed by atoms with E-state index in [1.165, 1.54) is 6.33 Å². The second kappa shape index (κ2) is 5.42. The van der Waals surface area contributed by atoms with Crippen molar-refractivity contribution >= 4 is 16.9 Å². The highest BCUT2D eigenvalue weighted by Crippen LogP contribution is 2.30. The Morgan fingerprint density at radius 2 is 2.32 bits per heavy atom. The molecule has 0 bridgehead atoms. The molecule has 22 heavy (non-hydrogen) atoms. The number of hydrogen-bond acceptors (Lipinski definition) is 5. The molecule has 7 heteroatoms. The Hall–Kier alpha value is -2.41. The molecular weight excluding hydrogens is 280 g/mol. The molecular formula is C15H18N6O. The summed E-state index contributed by atoms with van der Waals surface area (Å²) < 4.78 is 2.06. The van der Waals surface area contributed by atoms with Crippen molar-refractivity contribution in [3.63, 3.8) is 0 Å². The van der Waals surface area contributed by atoms with Crippen molar-refractivity contribution in [1.82, 2.24) is 24.5 Å². The highest BCUT2D eigenvalue weighted by atomic mass is 16.3. The summed E-state index contributed by atoms with van der Waals surface area (Å²) in [6, 6.07) is 1.96. The van der Waals surface area contributed by atoms with Crippen LogP contribution >= 0.6 is 0 Å². The van der Waals surface area contributed by atoms with Crippen LogP contribution in [0.25, 0.3) is 11.0 Å². The summed E-state index contributed by atoms with van der Waals surface area (Å²) in [5, 5.41) is 14.7. The first-order valence-corrected chi connectivity index (χ1v) is 7.48. The van der Waals surface area contributed by atoms with Gasteiger partial charge in [0.25, 0.3) is 0 Å². The second-order valence-corrected chi connectivity index (χ2v) is 5.88. The number of H-pyrrole nitrogens is 1. The molecule has 0 saturated heterocycles. The summed E-state index contributed by atoms with van der Waals surface area (Å²) in [4.78, 5) is 15.6. The highest BCUT2D eigenvalue weighted by molar-refractivity contribution is 5.86. The molecule has 4 rings (SSSR count). The van der Waals surface area contributed by atoms with Crippen LogP contribution in [0.1, 0.15) is 12.8 Å². The van der Waals surface area contributed by atoms with E-state index in [0.29, 0.717) is 5.92 Å². The summed E-state index contributed by atoms with van der Waals surface area (Å²) in [6.45, 7) is 0.887. The van der Waals surface area contributed by atoms with Crippen molar-refractivity contribution in [2.75, 3.05) is 5.32 Å². The number of rotatable bonds is 4. The Kier molecular flexibility index (Phi) is 3.27. The Morgan fingerprint density at radius 3 is 3.18 bits per heavy atom. The summed E-state index contributed by atoms with van der Waals surface area (Å²) in [6.07, 6.45) is 10.3. The van der Waals surface area contributed by atoms with Gasteiger partial charge in [-0.05, 0) is 24.8 Å². The quantitative estimate of drug-likeness (QED) is 0.677. The molecule has 7 nitrogen and oxygen atoms in total. The molecule has 3 aromatic heterocycles. The third-order valence-corrected chi connectivity index (χ3v) is 4.33. The van der Waals surface area contributed by atoms with E-state index in [1.54, 1.807) is 6.20 Å². The fourth-order valence-electron chi connectivity index (χ4n) is 3.28. The monoisotopic (exact) mass is 298 g/mol. The Bertz CT molecular complexity index is 752. The van der Waals surface area contributed by atoms with E-state index >= 15 is 0 Å². The lowest BCUT2D eigenvalue weighted by Gasteiger charge is -2.17. The first-order chi connectivity index (χ1) is 10.8. The van der Waals surface area contributed by atoms with E-state index < -0.39 is 0 Å². The number of nitrogens with zero attached hydrogens (tertiary/aromatic N) is 4. The molecule has 1 unspecified atom stereocenters. The van der Waals surface area contributed by atoms with Gasteiger partial charge in [-0.1, -0.05) is 0 Å². The minimum absolute atomic E-state index is 0.0153. The van der Waals surface area contributed by atoms with Crippen molar-refractivity contribution in [2.45, 2.75) is 31.5 Å². The number of aliphatic hydroxyl groups excluding tert-OH is 1. The number of aromatic nitrogens is 5. The molecule has 0 aliphatic heterocycles. The predicted molar refractivity (Wildman–Crippen MR) is 82.3 cm³/mol. The fourth-order valence-corrected chi connectivity index (χ4v) is 3.28. The maximum Gasteiger partial charge on any atom is 0.142 e. The van der Waals surface area contributed by atoms with Gasteiger partial charge in [0.1, 0.15) is 17.8 Å². The molecule has 1 fully saturated rings. The maximum atomic E-state index is 10.3. The van der Waals surface area contributed by atoms with Crippen molar-refractivity contribution < 1.29 is 5.11 Å². The topological polar surface area (TPSA) is 91.7 Å². The molecule has 0 radical (unpaired) electrons. The highest BCUT2D eigenvalue weighted by Gasteiger charge is 2.33. The Morgan fingerprint density at radius 1 is 1.36 bits per heavy atom. The first-order valence-electron chi connectivity index (χ1n) is 7.48. The first kappa shape index (κ1) is 13.3. The number of aromatic amines is 1. The summed E-state index contributed by atoms with van der Waals surface area (Å²) in [5.74, 6) is 1.21. The SMILES string of the molecule is O[C@@H]1CC(Cn2ccnc2)C[C@H]1Nc1ncnc2[nH]ccc12. The number of nitrogens with one attached hydrogen (secondary N) is 2. The molecule has 0 spiro atoms. The normalized spacial score (nSPS) is 24.9. The second-order valence-electron chi connectivity index (χ2n) is 5.88. The maximum absolute atomic E-state index is 10.3. The lowest BCUT2D eigenvalue weighted by Crippen LogP contribution is -2.28. The van der Waals surface area contributed by atoms with Crippen LogP contribution < -0.4 is 5.32 Å². The van der Waals surface area contributed by atoms with E-state index in [2.05, 4.69) is 29.8 Å². The van der Waals surface area contributed by atoms with Crippen LogP contribution in [0.3, 0.4) is 0 Å². The third kappa shape index (κ3) is 2.43. The van der Waals surface area contributed by atoms with E-state index in [9.17, 15) is 5.11 Å². The van der Waals surface area contributed by atoms with Gasteiger partial charge in [0.15, 0.2) is 0 Å². The fraction of sp³-hybridized carbons (Fsp3) is 0.400. The average Bonchev–Trinajstić information content (AvgIpc) is 3.22. The zero-order chi connectivity index (χ0) is 14.9. The molecule has 1 saturated carbocycles. The minimum Gasteiger partial charge on any atom is -0.391 e. The van der Waals surface area contributed by atoms with Gasteiger partial charge in [-0.15, -0.1) is 0 Å². The largest absolute Gasteiger partial charge is 0.391 e. The van der Waals surface area contributed by atoms with Crippen LogP contribution in [0.2, 0.25) is 0 Å². The van der Waals surface area contributed by atoms with Crippen LogP contribution in [0.5, 0.6) is 0 Å². The molecule has 3 N–H and O–H groups in total. The van der Waals surface area contributed by atoms with Crippen LogP contribution in [-0.2, 0) is 6.54 Å². The summed E-state index contributed by atoms with van der Waals surface area (Å²) >= 11 is 0. The van der Waals surface area contributed by atoms with Gasteiger partial charge in [-0.25, -0.2) is 15.0 Å². The molecule has 114 valence electrons. The van der Waals surface area contributed by atoms with E-state index in [-0.39, 0.29) is 12.1 Å². The number of hydrogen-bond donors (Lipinski definition) is 3. The van der Waals surface area contributed by atoms with Gasteiger partial charge >= 0.3 is 0 Å². The molecule has 0 aromatic carbocycles. The smallest absolute Gasteiger partial charge is 0.142 e. The van der Waals surface area contributed by atoms with Gasteiger partial charge < -0.3 is 20.0 Å². The molecule has 1 aliphatic carbocycles. The van der Waals surface area contributed by atoms with Gasteiger partial charge in [0.05, 0.1) is 23.9 Å². The predicted octanol–water partition coefficient (Wildman–Crippen LogP) is 1.41. The van der Waals surface area contributed by atoms with Crippen molar-refractivity contribution in [3.05, 3.63) is 37.3 Å². The van der Waals surface area contributed by atoms with Gasteiger partial charge in [0.2, 0.25) is 0 Å².